The molecule has 0 aromatic heterocycles. The largest absolute Gasteiger partial charge is 0.481 e. The van der Waals surface area contributed by atoms with Crippen LogP contribution < -0.4 is 10.6 Å². The van der Waals surface area contributed by atoms with Crippen LogP contribution in [0.3, 0.4) is 0 Å². The summed E-state index contributed by atoms with van der Waals surface area (Å²) >= 11 is 0. The standard InChI is InChI=1S/C27H42N2O3/c1-2-3-4-5-6-24(27(31)32)19-20-7-13-25(14-8-20)29-26(30)23-11-9-21(10-12-23)22-15-17-28-18-16-22/h9-12,20,22,24-25,28H,2-8,13-19H2,1H3,(H,29,30)(H,31,32). The van der Waals surface area contributed by atoms with Crippen LogP contribution in [0.2, 0.25) is 0 Å². The summed E-state index contributed by atoms with van der Waals surface area (Å²) in [6.45, 7) is 4.32. The van der Waals surface area contributed by atoms with Crippen molar-refractivity contribution >= 4 is 11.9 Å². The van der Waals surface area contributed by atoms with Crippen LogP contribution in [0.25, 0.3) is 0 Å². The number of carbonyl (C=O) groups is 2. The van der Waals surface area contributed by atoms with Gasteiger partial charge in [0, 0.05) is 11.6 Å². The summed E-state index contributed by atoms with van der Waals surface area (Å²) in [5.41, 5.74) is 2.08. The molecule has 1 aliphatic heterocycles. The Hall–Kier alpha value is -1.88. The topological polar surface area (TPSA) is 78.4 Å². The predicted molar refractivity (Wildman–Crippen MR) is 129 cm³/mol. The van der Waals surface area contributed by atoms with Crippen LogP contribution in [0, 0.1) is 11.8 Å². The van der Waals surface area contributed by atoms with Gasteiger partial charge in [-0.25, -0.2) is 0 Å². The second-order valence-electron chi connectivity index (χ2n) is 9.96. The Morgan fingerprint density at radius 2 is 1.69 bits per heavy atom. The highest BCUT2D eigenvalue weighted by atomic mass is 16.4. The number of carbonyl (C=O) groups excluding carboxylic acids is 1. The van der Waals surface area contributed by atoms with Crippen LogP contribution in [-0.4, -0.2) is 36.1 Å². The lowest BCUT2D eigenvalue weighted by Gasteiger charge is -2.30. The van der Waals surface area contributed by atoms with E-state index in [9.17, 15) is 14.7 Å². The van der Waals surface area contributed by atoms with Gasteiger partial charge in [-0.3, -0.25) is 9.59 Å². The molecule has 3 N–H and O–H groups in total. The summed E-state index contributed by atoms with van der Waals surface area (Å²) < 4.78 is 0. The van der Waals surface area contributed by atoms with Crippen molar-refractivity contribution in [1.82, 2.24) is 10.6 Å². The van der Waals surface area contributed by atoms with Crippen LogP contribution in [0.5, 0.6) is 0 Å². The summed E-state index contributed by atoms with van der Waals surface area (Å²) in [5.74, 6) is 0.251. The molecule has 2 fully saturated rings. The Bertz CT molecular complexity index is 704. The number of hydrogen-bond donors (Lipinski definition) is 3. The second-order valence-corrected chi connectivity index (χ2v) is 9.96. The molecule has 1 heterocycles. The molecule has 1 amide bonds. The minimum Gasteiger partial charge on any atom is -0.481 e. The average molecular weight is 443 g/mol. The average Bonchev–Trinajstić information content (AvgIpc) is 2.82. The van der Waals surface area contributed by atoms with Crippen molar-refractivity contribution < 1.29 is 14.7 Å². The number of carboxylic acid groups (broad SMARTS) is 1. The van der Waals surface area contributed by atoms with E-state index in [-0.39, 0.29) is 17.9 Å². The first-order valence-electron chi connectivity index (χ1n) is 12.9. The molecule has 1 saturated heterocycles. The molecular formula is C27H42N2O3. The fourth-order valence-corrected chi connectivity index (χ4v) is 5.44. The Labute approximate surface area is 193 Å². The molecule has 1 aromatic rings. The van der Waals surface area contributed by atoms with E-state index in [1.54, 1.807) is 0 Å². The molecular weight excluding hydrogens is 400 g/mol. The van der Waals surface area contributed by atoms with Gasteiger partial charge in [-0.1, -0.05) is 44.7 Å². The smallest absolute Gasteiger partial charge is 0.306 e. The van der Waals surface area contributed by atoms with Crippen LogP contribution in [0.4, 0.5) is 0 Å². The maximum atomic E-state index is 12.7. The van der Waals surface area contributed by atoms with Crippen molar-refractivity contribution in [2.24, 2.45) is 11.8 Å². The van der Waals surface area contributed by atoms with Gasteiger partial charge in [0.15, 0.2) is 0 Å². The van der Waals surface area contributed by atoms with Crippen molar-refractivity contribution in [3.05, 3.63) is 35.4 Å². The first-order valence-corrected chi connectivity index (χ1v) is 12.9. The summed E-state index contributed by atoms with van der Waals surface area (Å²) in [6.07, 6.45) is 12.4. The van der Waals surface area contributed by atoms with Gasteiger partial charge in [-0.2, -0.15) is 0 Å². The molecule has 3 rings (SSSR count). The maximum absolute atomic E-state index is 12.7. The number of amides is 1. The first-order chi connectivity index (χ1) is 15.6. The number of hydrogen-bond acceptors (Lipinski definition) is 3. The van der Waals surface area contributed by atoms with Crippen LogP contribution in [0.1, 0.15) is 106 Å². The van der Waals surface area contributed by atoms with Crippen LogP contribution in [0.15, 0.2) is 24.3 Å². The van der Waals surface area contributed by atoms with Gasteiger partial charge in [-0.05, 0) is 94.0 Å². The Morgan fingerprint density at radius 1 is 1.00 bits per heavy atom. The van der Waals surface area contributed by atoms with Crippen molar-refractivity contribution in [3.63, 3.8) is 0 Å². The minimum absolute atomic E-state index is 0.0182. The lowest BCUT2D eigenvalue weighted by molar-refractivity contribution is -0.142. The summed E-state index contributed by atoms with van der Waals surface area (Å²) in [5, 5.41) is 16.2. The number of carboxylic acids is 1. The van der Waals surface area contributed by atoms with E-state index < -0.39 is 5.97 Å². The van der Waals surface area contributed by atoms with E-state index in [1.165, 1.54) is 18.4 Å². The highest BCUT2D eigenvalue weighted by molar-refractivity contribution is 5.94. The Morgan fingerprint density at radius 3 is 2.31 bits per heavy atom. The van der Waals surface area contributed by atoms with Crippen molar-refractivity contribution in [2.75, 3.05) is 13.1 Å². The van der Waals surface area contributed by atoms with Gasteiger partial charge in [0.05, 0.1) is 5.92 Å². The zero-order valence-electron chi connectivity index (χ0n) is 19.8. The van der Waals surface area contributed by atoms with Crippen molar-refractivity contribution in [1.29, 1.82) is 0 Å². The number of piperidine rings is 1. The lowest BCUT2D eigenvalue weighted by Crippen LogP contribution is -2.38. The molecule has 5 heteroatoms. The van der Waals surface area contributed by atoms with E-state index >= 15 is 0 Å². The molecule has 1 unspecified atom stereocenters. The predicted octanol–water partition coefficient (Wildman–Crippen LogP) is 5.50. The Kier molecular flexibility index (Phi) is 10.0. The third-order valence-corrected chi connectivity index (χ3v) is 7.54. The molecule has 1 aliphatic carbocycles. The summed E-state index contributed by atoms with van der Waals surface area (Å²) in [4.78, 5) is 24.4. The molecule has 1 saturated carbocycles. The molecule has 2 aliphatic rings. The number of unbranched alkanes of at least 4 members (excludes halogenated alkanes) is 3. The van der Waals surface area contributed by atoms with Gasteiger partial charge in [0.1, 0.15) is 0 Å². The van der Waals surface area contributed by atoms with E-state index in [2.05, 4.69) is 29.7 Å². The molecule has 0 radical (unpaired) electrons. The van der Waals surface area contributed by atoms with Crippen molar-refractivity contribution in [3.8, 4) is 0 Å². The summed E-state index contributed by atoms with van der Waals surface area (Å²) in [7, 11) is 0. The maximum Gasteiger partial charge on any atom is 0.306 e. The highest BCUT2D eigenvalue weighted by Crippen LogP contribution is 2.32. The van der Waals surface area contributed by atoms with E-state index in [4.69, 9.17) is 0 Å². The van der Waals surface area contributed by atoms with E-state index in [0.717, 1.165) is 82.9 Å². The summed E-state index contributed by atoms with van der Waals surface area (Å²) in [6, 6.07) is 8.38. The number of aliphatic carboxylic acids is 1. The van der Waals surface area contributed by atoms with Crippen molar-refractivity contribution in [2.45, 2.75) is 95.9 Å². The Balaban J connectivity index is 1.41. The third kappa shape index (κ3) is 7.61. The number of rotatable bonds is 11. The van der Waals surface area contributed by atoms with Gasteiger partial charge in [-0.15, -0.1) is 0 Å². The van der Waals surface area contributed by atoms with Crippen LogP contribution >= 0.6 is 0 Å². The number of nitrogens with one attached hydrogen (secondary N) is 2. The highest BCUT2D eigenvalue weighted by Gasteiger charge is 2.27. The van der Waals surface area contributed by atoms with E-state index in [1.807, 2.05) is 12.1 Å². The zero-order valence-corrected chi connectivity index (χ0v) is 19.8. The van der Waals surface area contributed by atoms with Crippen LogP contribution in [-0.2, 0) is 4.79 Å². The van der Waals surface area contributed by atoms with E-state index in [0.29, 0.717) is 11.8 Å². The third-order valence-electron chi connectivity index (χ3n) is 7.54. The van der Waals surface area contributed by atoms with Gasteiger partial charge >= 0.3 is 5.97 Å². The molecule has 0 spiro atoms. The number of benzene rings is 1. The minimum atomic E-state index is -0.634. The SMILES string of the molecule is CCCCCCC(CC1CCC(NC(=O)c2ccc(C3CCNCC3)cc2)CC1)C(=O)O. The fourth-order valence-electron chi connectivity index (χ4n) is 5.44. The lowest BCUT2D eigenvalue weighted by atomic mass is 9.79. The molecule has 178 valence electrons. The quantitative estimate of drug-likeness (QED) is 0.395. The molecule has 1 atom stereocenters. The molecule has 5 nitrogen and oxygen atoms in total. The molecule has 32 heavy (non-hydrogen) atoms. The first kappa shape index (κ1) is 24.8. The van der Waals surface area contributed by atoms with Gasteiger partial charge in [0.2, 0.25) is 0 Å². The second kappa shape index (κ2) is 13.0. The molecule has 0 bridgehead atoms. The fraction of sp³-hybridized carbons (Fsp3) is 0.704. The monoisotopic (exact) mass is 442 g/mol. The normalized spacial score (nSPS) is 22.9. The molecule has 1 aromatic carbocycles. The van der Waals surface area contributed by atoms with Gasteiger partial charge < -0.3 is 15.7 Å². The zero-order chi connectivity index (χ0) is 22.8. The van der Waals surface area contributed by atoms with Gasteiger partial charge in [0.25, 0.3) is 5.91 Å².